The number of hydrogen-bond donors (Lipinski definition) is 0. The molecule has 2 aromatic rings. The molecular formula is C17H10Cl2N2OS2. The van der Waals surface area contributed by atoms with E-state index in [-0.39, 0.29) is 5.91 Å². The first kappa shape index (κ1) is 17.2. The van der Waals surface area contributed by atoms with Crippen LogP contribution in [0.1, 0.15) is 11.1 Å². The van der Waals surface area contributed by atoms with Crippen LogP contribution in [0.3, 0.4) is 0 Å². The summed E-state index contributed by atoms with van der Waals surface area (Å²) in [5.41, 5.74) is 1.62. The maximum Gasteiger partial charge on any atom is 0.286 e. The van der Waals surface area contributed by atoms with Crippen molar-refractivity contribution in [2.24, 2.45) is 5.10 Å². The molecule has 7 heteroatoms. The van der Waals surface area contributed by atoms with E-state index < -0.39 is 0 Å². The van der Waals surface area contributed by atoms with Crippen LogP contribution in [0, 0.1) is 0 Å². The summed E-state index contributed by atoms with van der Waals surface area (Å²) in [6.45, 7) is 0. The van der Waals surface area contributed by atoms with Crippen LogP contribution in [0.25, 0.3) is 6.08 Å². The van der Waals surface area contributed by atoms with E-state index in [1.165, 1.54) is 16.8 Å². The number of halogens is 2. The maximum absolute atomic E-state index is 12.5. The molecule has 1 aliphatic heterocycles. The summed E-state index contributed by atoms with van der Waals surface area (Å²) in [7, 11) is 0. The zero-order chi connectivity index (χ0) is 17.1. The van der Waals surface area contributed by atoms with Crippen molar-refractivity contribution < 1.29 is 4.79 Å². The molecule has 0 spiro atoms. The second-order valence-corrected chi connectivity index (χ2v) is 7.40. The van der Waals surface area contributed by atoms with Crippen molar-refractivity contribution in [2.45, 2.75) is 0 Å². The van der Waals surface area contributed by atoms with Crippen LogP contribution < -0.4 is 0 Å². The molecule has 1 amide bonds. The molecule has 2 aromatic carbocycles. The Bertz CT molecular complexity index is 880. The molecule has 1 heterocycles. The number of amides is 1. The fraction of sp³-hybridized carbons (Fsp3) is 0. The minimum atomic E-state index is -0.261. The van der Waals surface area contributed by atoms with Gasteiger partial charge in [0, 0.05) is 10.0 Å². The number of carbonyl (C=O) groups is 1. The van der Waals surface area contributed by atoms with E-state index in [9.17, 15) is 4.79 Å². The average Bonchev–Trinajstić information content (AvgIpc) is 2.79. The highest BCUT2D eigenvalue weighted by Gasteiger charge is 2.32. The highest BCUT2D eigenvalue weighted by atomic mass is 35.5. The summed E-state index contributed by atoms with van der Waals surface area (Å²) in [5, 5.41) is 6.59. The molecule has 0 unspecified atom stereocenters. The fourth-order valence-corrected chi connectivity index (χ4v) is 3.59. The standard InChI is InChI=1S/C17H10Cl2N2OS2/c18-13-5-1-3-11(7-13)9-15-16(22)21(17(23)24-15)20-10-12-4-2-6-14(19)8-12/h1-10H/b15-9-,20-10-. The second-order valence-electron chi connectivity index (χ2n) is 4.85. The summed E-state index contributed by atoms with van der Waals surface area (Å²) in [5.74, 6) is -0.261. The van der Waals surface area contributed by atoms with Crippen molar-refractivity contribution in [3.63, 3.8) is 0 Å². The van der Waals surface area contributed by atoms with Gasteiger partial charge in [0.2, 0.25) is 0 Å². The lowest BCUT2D eigenvalue weighted by atomic mass is 10.2. The van der Waals surface area contributed by atoms with Crippen molar-refractivity contribution in [3.8, 4) is 0 Å². The highest BCUT2D eigenvalue weighted by molar-refractivity contribution is 8.26. The molecule has 0 aliphatic carbocycles. The molecule has 0 atom stereocenters. The average molecular weight is 393 g/mol. The van der Waals surface area contributed by atoms with Gasteiger partial charge in [-0.05, 0) is 53.7 Å². The van der Waals surface area contributed by atoms with Crippen LogP contribution in [0.4, 0.5) is 0 Å². The molecule has 0 saturated carbocycles. The number of benzene rings is 2. The molecule has 0 radical (unpaired) electrons. The molecule has 24 heavy (non-hydrogen) atoms. The SMILES string of the molecule is O=C1/C(=C/c2cccc(Cl)c2)SC(=S)N1/N=C\c1cccc(Cl)c1. The Hall–Kier alpha value is -1.66. The van der Waals surface area contributed by atoms with Crippen molar-refractivity contribution in [1.82, 2.24) is 5.01 Å². The smallest absolute Gasteiger partial charge is 0.266 e. The van der Waals surface area contributed by atoms with Gasteiger partial charge in [-0.25, -0.2) is 0 Å². The van der Waals surface area contributed by atoms with Gasteiger partial charge < -0.3 is 0 Å². The van der Waals surface area contributed by atoms with E-state index in [1.807, 2.05) is 24.3 Å². The molecule has 0 N–H and O–H groups in total. The lowest BCUT2D eigenvalue weighted by Crippen LogP contribution is -2.22. The highest BCUT2D eigenvalue weighted by Crippen LogP contribution is 2.33. The minimum Gasteiger partial charge on any atom is -0.266 e. The Morgan fingerprint density at radius 3 is 2.33 bits per heavy atom. The third kappa shape index (κ3) is 4.05. The molecule has 3 rings (SSSR count). The largest absolute Gasteiger partial charge is 0.286 e. The molecule has 1 aliphatic rings. The van der Waals surface area contributed by atoms with Crippen LogP contribution in [0.2, 0.25) is 10.0 Å². The van der Waals surface area contributed by atoms with E-state index in [1.54, 1.807) is 36.6 Å². The van der Waals surface area contributed by atoms with Gasteiger partial charge in [-0.3, -0.25) is 4.79 Å². The molecule has 3 nitrogen and oxygen atoms in total. The monoisotopic (exact) mass is 392 g/mol. The van der Waals surface area contributed by atoms with Crippen molar-refractivity contribution in [2.75, 3.05) is 0 Å². The Labute approximate surface area is 158 Å². The molecule has 0 aromatic heterocycles. The second kappa shape index (κ2) is 7.49. The first-order valence-corrected chi connectivity index (χ1v) is 8.84. The van der Waals surface area contributed by atoms with E-state index in [4.69, 9.17) is 35.4 Å². The summed E-state index contributed by atoms with van der Waals surface area (Å²) < 4.78 is 0.381. The number of hydrazone groups is 1. The van der Waals surface area contributed by atoms with Crippen molar-refractivity contribution in [3.05, 3.63) is 74.6 Å². The Morgan fingerprint density at radius 2 is 1.67 bits per heavy atom. The Morgan fingerprint density at radius 1 is 1.04 bits per heavy atom. The van der Waals surface area contributed by atoms with Gasteiger partial charge in [0.05, 0.1) is 11.1 Å². The molecule has 0 bridgehead atoms. The van der Waals surface area contributed by atoms with E-state index in [2.05, 4.69) is 5.10 Å². The third-order valence-electron chi connectivity index (χ3n) is 3.09. The molecule has 1 saturated heterocycles. The van der Waals surface area contributed by atoms with Gasteiger partial charge in [-0.1, -0.05) is 59.2 Å². The maximum atomic E-state index is 12.5. The van der Waals surface area contributed by atoms with E-state index in [0.717, 1.165) is 11.1 Å². The number of thiocarbonyl (C=S) groups is 1. The summed E-state index contributed by atoms with van der Waals surface area (Å²) in [6, 6.07) is 14.4. The summed E-state index contributed by atoms with van der Waals surface area (Å²) in [6.07, 6.45) is 3.30. The number of rotatable bonds is 3. The van der Waals surface area contributed by atoms with Crippen LogP contribution in [-0.4, -0.2) is 21.5 Å². The Kier molecular flexibility index (Phi) is 5.36. The number of nitrogens with zero attached hydrogens (tertiary/aromatic N) is 2. The lowest BCUT2D eigenvalue weighted by Gasteiger charge is -2.06. The van der Waals surface area contributed by atoms with Gasteiger partial charge in [-0.15, -0.1) is 0 Å². The zero-order valence-electron chi connectivity index (χ0n) is 12.1. The van der Waals surface area contributed by atoms with Crippen LogP contribution >= 0.6 is 47.2 Å². The first-order chi connectivity index (χ1) is 11.5. The van der Waals surface area contributed by atoms with Crippen molar-refractivity contribution >= 4 is 69.7 Å². The predicted octanol–water partition coefficient (Wildman–Crippen LogP) is 5.23. The van der Waals surface area contributed by atoms with Crippen LogP contribution in [-0.2, 0) is 4.79 Å². The minimum absolute atomic E-state index is 0.261. The lowest BCUT2D eigenvalue weighted by molar-refractivity contribution is -0.122. The molecule has 1 fully saturated rings. The number of hydrogen-bond acceptors (Lipinski definition) is 4. The van der Waals surface area contributed by atoms with E-state index in [0.29, 0.717) is 19.3 Å². The van der Waals surface area contributed by atoms with Crippen molar-refractivity contribution in [1.29, 1.82) is 0 Å². The third-order valence-corrected chi connectivity index (χ3v) is 4.84. The van der Waals surface area contributed by atoms with Crippen LogP contribution in [0.15, 0.2) is 58.5 Å². The summed E-state index contributed by atoms with van der Waals surface area (Å²) >= 11 is 18.3. The zero-order valence-corrected chi connectivity index (χ0v) is 15.3. The first-order valence-electron chi connectivity index (χ1n) is 6.86. The quantitative estimate of drug-likeness (QED) is 0.407. The predicted molar refractivity (Wildman–Crippen MR) is 106 cm³/mol. The van der Waals surface area contributed by atoms with Gasteiger partial charge >= 0.3 is 0 Å². The summed E-state index contributed by atoms with van der Waals surface area (Å²) in [4.78, 5) is 13.0. The van der Waals surface area contributed by atoms with Gasteiger partial charge in [0.15, 0.2) is 4.32 Å². The normalized spacial score (nSPS) is 16.6. The molecular weight excluding hydrogens is 383 g/mol. The van der Waals surface area contributed by atoms with Gasteiger partial charge in [-0.2, -0.15) is 10.1 Å². The van der Waals surface area contributed by atoms with Gasteiger partial charge in [0.1, 0.15) is 0 Å². The number of thioether (sulfide) groups is 1. The Balaban J connectivity index is 1.81. The van der Waals surface area contributed by atoms with Crippen LogP contribution in [0.5, 0.6) is 0 Å². The van der Waals surface area contributed by atoms with E-state index >= 15 is 0 Å². The topological polar surface area (TPSA) is 32.7 Å². The fourth-order valence-electron chi connectivity index (χ4n) is 2.02. The molecule has 120 valence electrons. The number of carbonyl (C=O) groups excluding carboxylic acids is 1. The van der Waals surface area contributed by atoms with Gasteiger partial charge in [0.25, 0.3) is 5.91 Å².